The predicted molar refractivity (Wildman–Crippen MR) is 87.0 cm³/mol. The van der Waals surface area contributed by atoms with E-state index in [1.54, 1.807) is 6.20 Å². The van der Waals surface area contributed by atoms with Crippen LogP contribution in [0.5, 0.6) is 0 Å². The third-order valence-electron chi connectivity index (χ3n) is 3.53. The first kappa shape index (κ1) is 14.0. The molecule has 2 N–H and O–H groups in total. The van der Waals surface area contributed by atoms with Crippen LogP contribution in [0.1, 0.15) is 13.3 Å². The zero-order valence-electron chi connectivity index (χ0n) is 11.8. The van der Waals surface area contributed by atoms with Gasteiger partial charge in [0.05, 0.1) is 23.1 Å². The van der Waals surface area contributed by atoms with Gasteiger partial charge in [0.1, 0.15) is 0 Å². The Bertz CT molecular complexity index is 556. The number of para-hydroxylation sites is 1. The summed E-state index contributed by atoms with van der Waals surface area (Å²) in [5.41, 5.74) is 8.98. The molecule has 19 heavy (non-hydrogen) atoms. The molecule has 0 saturated heterocycles. The fraction of sp³-hybridized carbons (Fsp3) is 0.400. The highest BCUT2D eigenvalue weighted by atomic mass is 32.2. The number of nitrogens with zero attached hydrogens (tertiary/aromatic N) is 2. The number of fused-ring (bicyclic) bond motifs is 1. The van der Waals surface area contributed by atoms with E-state index in [0.717, 1.165) is 34.5 Å². The minimum atomic E-state index is 0.459. The molecule has 0 spiro atoms. The van der Waals surface area contributed by atoms with Gasteiger partial charge in [0.2, 0.25) is 0 Å². The Labute approximate surface area is 119 Å². The molecule has 0 bridgehead atoms. The Kier molecular flexibility index (Phi) is 4.53. The summed E-state index contributed by atoms with van der Waals surface area (Å²) in [6, 6.07) is 8.62. The van der Waals surface area contributed by atoms with Gasteiger partial charge in [-0.15, -0.1) is 0 Å². The molecule has 0 saturated carbocycles. The van der Waals surface area contributed by atoms with Gasteiger partial charge in [-0.2, -0.15) is 11.8 Å². The van der Waals surface area contributed by atoms with E-state index in [-0.39, 0.29) is 0 Å². The SMILES string of the molecule is CSCCC(C)N(C)c1c(N)cnc2ccccc12. The second-order valence-electron chi connectivity index (χ2n) is 4.82. The predicted octanol–water partition coefficient (Wildman–Crippen LogP) is 3.39. The van der Waals surface area contributed by atoms with E-state index in [2.05, 4.69) is 36.2 Å². The molecular weight excluding hydrogens is 254 g/mol. The van der Waals surface area contributed by atoms with Crippen molar-refractivity contribution in [1.29, 1.82) is 0 Å². The Hall–Kier alpha value is -1.42. The molecule has 0 radical (unpaired) electrons. The Morgan fingerprint density at radius 1 is 1.37 bits per heavy atom. The third-order valence-corrected chi connectivity index (χ3v) is 4.17. The lowest BCUT2D eigenvalue weighted by atomic mass is 10.1. The Morgan fingerprint density at radius 3 is 2.84 bits per heavy atom. The first-order chi connectivity index (χ1) is 9.15. The highest BCUT2D eigenvalue weighted by Gasteiger charge is 2.15. The molecule has 0 amide bonds. The molecular formula is C15H21N3S. The van der Waals surface area contributed by atoms with Crippen molar-refractivity contribution < 1.29 is 0 Å². The van der Waals surface area contributed by atoms with Crippen molar-refractivity contribution >= 4 is 34.0 Å². The summed E-state index contributed by atoms with van der Waals surface area (Å²) in [5, 5.41) is 1.13. The molecule has 102 valence electrons. The molecule has 2 rings (SSSR count). The number of aromatic nitrogens is 1. The van der Waals surface area contributed by atoms with Crippen molar-refractivity contribution in [3.8, 4) is 0 Å². The number of hydrogen-bond donors (Lipinski definition) is 1. The van der Waals surface area contributed by atoms with Gasteiger partial charge in [-0.1, -0.05) is 18.2 Å². The molecule has 1 aromatic heterocycles. The molecule has 2 aromatic rings. The van der Waals surface area contributed by atoms with Gasteiger partial charge in [-0.3, -0.25) is 4.98 Å². The van der Waals surface area contributed by atoms with Crippen LogP contribution in [0.4, 0.5) is 11.4 Å². The van der Waals surface area contributed by atoms with Crippen LogP contribution in [0.3, 0.4) is 0 Å². The molecule has 1 heterocycles. The van der Waals surface area contributed by atoms with E-state index in [0.29, 0.717) is 6.04 Å². The summed E-state index contributed by atoms with van der Waals surface area (Å²) >= 11 is 1.88. The van der Waals surface area contributed by atoms with Gasteiger partial charge >= 0.3 is 0 Å². The van der Waals surface area contributed by atoms with Crippen molar-refractivity contribution in [3.63, 3.8) is 0 Å². The molecule has 0 fully saturated rings. The van der Waals surface area contributed by atoms with Crippen LogP contribution in [0.2, 0.25) is 0 Å². The quantitative estimate of drug-likeness (QED) is 0.908. The lowest BCUT2D eigenvalue weighted by molar-refractivity contribution is 0.671. The Morgan fingerprint density at radius 2 is 2.11 bits per heavy atom. The van der Waals surface area contributed by atoms with Crippen LogP contribution in [0.25, 0.3) is 10.9 Å². The summed E-state index contributed by atoms with van der Waals surface area (Å²) < 4.78 is 0. The van der Waals surface area contributed by atoms with Gasteiger partial charge in [0, 0.05) is 18.5 Å². The first-order valence-electron chi connectivity index (χ1n) is 6.50. The van der Waals surface area contributed by atoms with Crippen molar-refractivity contribution in [2.24, 2.45) is 0 Å². The van der Waals surface area contributed by atoms with Gasteiger partial charge in [0.15, 0.2) is 0 Å². The highest BCUT2D eigenvalue weighted by Crippen LogP contribution is 2.32. The van der Waals surface area contributed by atoms with Gasteiger partial charge in [-0.05, 0) is 31.4 Å². The first-order valence-corrected chi connectivity index (χ1v) is 7.89. The van der Waals surface area contributed by atoms with Crippen LogP contribution < -0.4 is 10.6 Å². The van der Waals surface area contributed by atoms with E-state index in [1.807, 2.05) is 30.0 Å². The molecule has 0 aliphatic heterocycles. The Balaban J connectivity index is 2.40. The summed E-state index contributed by atoms with van der Waals surface area (Å²) in [6.07, 6.45) is 5.05. The normalized spacial score (nSPS) is 12.6. The third kappa shape index (κ3) is 2.95. The fourth-order valence-electron chi connectivity index (χ4n) is 2.24. The highest BCUT2D eigenvalue weighted by molar-refractivity contribution is 7.98. The maximum atomic E-state index is 6.14. The second-order valence-corrected chi connectivity index (χ2v) is 5.81. The number of nitrogen functional groups attached to an aromatic ring is 1. The molecule has 3 nitrogen and oxygen atoms in total. The summed E-state index contributed by atoms with van der Waals surface area (Å²) in [7, 11) is 2.11. The maximum absolute atomic E-state index is 6.14. The lowest BCUT2D eigenvalue weighted by Gasteiger charge is -2.29. The van der Waals surface area contributed by atoms with E-state index in [4.69, 9.17) is 5.73 Å². The number of rotatable bonds is 5. The number of pyridine rings is 1. The van der Waals surface area contributed by atoms with E-state index in [1.165, 1.54) is 0 Å². The summed E-state index contributed by atoms with van der Waals surface area (Å²) in [5.74, 6) is 1.16. The summed E-state index contributed by atoms with van der Waals surface area (Å²) in [6.45, 7) is 2.24. The number of hydrogen-bond acceptors (Lipinski definition) is 4. The summed E-state index contributed by atoms with van der Waals surface area (Å²) in [4.78, 5) is 6.66. The van der Waals surface area contributed by atoms with Gasteiger partial charge < -0.3 is 10.6 Å². The van der Waals surface area contributed by atoms with E-state index in [9.17, 15) is 0 Å². The number of nitrogens with two attached hydrogens (primary N) is 1. The van der Waals surface area contributed by atoms with Gasteiger partial charge in [0.25, 0.3) is 0 Å². The van der Waals surface area contributed by atoms with Crippen molar-refractivity contribution in [2.75, 3.05) is 29.7 Å². The van der Waals surface area contributed by atoms with Gasteiger partial charge in [-0.25, -0.2) is 0 Å². The van der Waals surface area contributed by atoms with E-state index < -0.39 is 0 Å². The average Bonchev–Trinajstić information content (AvgIpc) is 2.44. The lowest BCUT2D eigenvalue weighted by Crippen LogP contribution is -2.30. The molecule has 1 unspecified atom stereocenters. The monoisotopic (exact) mass is 275 g/mol. The molecule has 1 atom stereocenters. The van der Waals surface area contributed by atoms with Crippen molar-refractivity contribution in [1.82, 2.24) is 4.98 Å². The molecule has 4 heteroatoms. The topological polar surface area (TPSA) is 42.1 Å². The number of thioether (sulfide) groups is 1. The van der Waals surface area contributed by atoms with Crippen LogP contribution >= 0.6 is 11.8 Å². The zero-order valence-corrected chi connectivity index (χ0v) is 12.6. The molecule has 0 aliphatic carbocycles. The van der Waals surface area contributed by atoms with Crippen LogP contribution in [-0.4, -0.2) is 30.1 Å². The molecule has 1 aromatic carbocycles. The van der Waals surface area contributed by atoms with Crippen LogP contribution in [0.15, 0.2) is 30.5 Å². The van der Waals surface area contributed by atoms with Crippen molar-refractivity contribution in [2.45, 2.75) is 19.4 Å². The minimum absolute atomic E-state index is 0.459. The maximum Gasteiger partial charge on any atom is 0.0745 e. The molecule has 0 aliphatic rings. The standard InChI is InChI=1S/C15H21N3S/c1-11(8-9-19-3)18(2)15-12-6-4-5-7-14(12)17-10-13(15)16/h4-7,10-11H,8-9,16H2,1-3H3. The smallest absolute Gasteiger partial charge is 0.0745 e. The van der Waals surface area contributed by atoms with Crippen molar-refractivity contribution in [3.05, 3.63) is 30.5 Å². The number of benzene rings is 1. The number of anilines is 2. The largest absolute Gasteiger partial charge is 0.396 e. The van der Waals surface area contributed by atoms with Crippen LogP contribution in [0, 0.1) is 0 Å². The van der Waals surface area contributed by atoms with Crippen LogP contribution in [-0.2, 0) is 0 Å². The second kappa shape index (κ2) is 6.15. The zero-order chi connectivity index (χ0) is 13.8. The van der Waals surface area contributed by atoms with E-state index >= 15 is 0 Å². The minimum Gasteiger partial charge on any atom is -0.396 e. The fourth-order valence-corrected chi connectivity index (χ4v) is 2.82. The average molecular weight is 275 g/mol.